The van der Waals surface area contributed by atoms with E-state index < -0.39 is 0 Å². The van der Waals surface area contributed by atoms with E-state index in [1.807, 2.05) is 0 Å². The predicted octanol–water partition coefficient (Wildman–Crippen LogP) is 2.50. The van der Waals surface area contributed by atoms with Gasteiger partial charge in [-0.1, -0.05) is 27.2 Å². The SMILES string of the molecule is CC1CNCCCN(C2CCCC2(C)C)C1. The molecular formula is C14H28N2. The fourth-order valence-corrected chi connectivity index (χ4v) is 3.58. The molecule has 1 aliphatic carbocycles. The molecule has 1 saturated heterocycles. The average molecular weight is 224 g/mol. The van der Waals surface area contributed by atoms with Crippen molar-refractivity contribution in [3.63, 3.8) is 0 Å². The van der Waals surface area contributed by atoms with Gasteiger partial charge in [-0.25, -0.2) is 0 Å². The smallest absolute Gasteiger partial charge is 0.0146 e. The largest absolute Gasteiger partial charge is 0.316 e. The molecule has 16 heavy (non-hydrogen) atoms. The Morgan fingerprint density at radius 2 is 2.06 bits per heavy atom. The van der Waals surface area contributed by atoms with E-state index >= 15 is 0 Å². The molecule has 2 unspecified atom stereocenters. The van der Waals surface area contributed by atoms with Gasteiger partial charge in [0, 0.05) is 12.6 Å². The summed E-state index contributed by atoms with van der Waals surface area (Å²) in [5.41, 5.74) is 0.548. The molecule has 1 aliphatic heterocycles. The van der Waals surface area contributed by atoms with Crippen LogP contribution in [0.1, 0.15) is 46.5 Å². The molecule has 2 rings (SSSR count). The van der Waals surface area contributed by atoms with Crippen LogP contribution < -0.4 is 5.32 Å². The molecule has 2 heteroatoms. The van der Waals surface area contributed by atoms with Gasteiger partial charge < -0.3 is 5.32 Å². The summed E-state index contributed by atoms with van der Waals surface area (Å²) in [4.78, 5) is 2.79. The molecule has 1 saturated carbocycles. The van der Waals surface area contributed by atoms with Gasteiger partial charge in [0.15, 0.2) is 0 Å². The highest BCUT2D eigenvalue weighted by Crippen LogP contribution is 2.40. The fourth-order valence-electron chi connectivity index (χ4n) is 3.58. The van der Waals surface area contributed by atoms with Crippen molar-refractivity contribution in [3.05, 3.63) is 0 Å². The third-order valence-electron chi connectivity index (χ3n) is 4.48. The van der Waals surface area contributed by atoms with E-state index in [9.17, 15) is 0 Å². The molecule has 1 heterocycles. The minimum Gasteiger partial charge on any atom is -0.316 e. The Balaban J connectivity index is 2.00. The van der Waals surface area contributed by atoms with Gasteiger partial charge in [-0.05, 0) is 50.2 Å². The van der Waals surface area contributed by atoms with E-state index in [2.05, 4.69) is 31.0 Å². The highest BCUT2D eigenvalue weighted by Gasteiger charge is 2.38. The maximum atomic E-state index is 3.54. The number of rotatable bonds is 1. The van der Waals surface area contributed by atoms with Crippen LogP contribution in [-0.2, 0) is 0 Å². The second-order valence-electron chi connectivity index (χ2n) is 6.55. The van der Waals surface area contributed by atoms with E-state index in [1.165, 1.54) is 51.9 Å². The maximum Gasteiger partial charge on any atom is 0.0146 e. The summed E-state index contributed by atoms with van der Waals surface area (Å²) < 4.78 is 0. The van der Waals surface area contributed by atoms with E-state index in [4.69, 9.17) is 0 Å². The lowest BCUT2D eigenvalue weighted by Crippen LogP contribution is -2.47. The first-order valence-electron chi connectivity index (χ1n) is 7.04. The Hall–Kier alpha value is -0.0800. The second-order valence-corrected chi connectivity index (χ2v) is 6.55. The van der Waals surface area contributed by atoms with Crippen LogP contribution in [0.4, 0.5) is 0 Å². The highest BCUT2D eigenvalue weighted by atomic mass is 15.2. The first kappa shape index (κ1) is 12.4. The molecule has 0 aromatic rings. The van der Waals surface area contributed by atoms with Crippen molar-refractivity contribution in [2.75, 3.05) is 26.2 Å². The van der Waals surface area contributed by atoms with E-state index in [0.717, 1.165) is 12.0 Å². The summed E-state index contributed by atoms with van der Waals surface area (Å²) >= 11 is 0. The zero-order valence-corrected chi connectivity index (χ0v) is 11.3. The molecule has 0 aromatic carbocycles. The number of nitrogens with one attached hydrogen (secondary N) is 1. The van der Waals surface area contributed by atoms with Gasteiger partial charge in [0.2, 0.25) is 0 Å². The summed E-state index contributed by atoms with van der Waals surface area (Å²) in [5, 5.41) is 3.54. The number of hydrogen-bond acceptors (Lipinski definition) is 2. The van der Waals surface area contributed by atoms with Crippen LogP contribution in [0.2, 0.25) is 0 Å². The Kier molecular flexibility index (Phi) is 3.91. The zero-order valence-electron chi connectivity index (χ0n) is 11.3. The Morgan fingerprint density at radius 3 is 2.75 bits per heavy atom. The summed E-state index contributed by atoms with van der Waals surface area (Å²) in [5.74, 6) is 0.802. The first-order valence-corrected chi connectivity index (χ1v) is 7.04. The minimum atomic E-state index is 0.548. The highest BCUT2D eigenvalue weighted by molar-refractivity contribution is 4.92. The second kappa shape index (κ2) is 5.05. The molecule has 1 N–H and O–H groups in total. The fraction of sp³-hybridized carbons (Fsp3) is 1.00. The van der Waals surface area contributed by atoms with E-state index in [-0.39, 0.29) is 0 Å². The molecule has 0 aromatic heterocycles. The van der Waals surface area contributed by atoms with Gasteiger partial charge in [-0.3, -0.25) is 4.90 Å². The maximum absolute atomic E-state index is 3.54. The van der Waals surface area contributed by atoms with Crippen LogP contribution in [0, 0.1) is 11.3 Å². The normalized spacial score (nSPS) is 36.9. The molecule has 0 radical (unpaired) electrons. The lowest BCUT2D eigenvalue weighted by molar-refractivity contribution is 0.0902. The van der Waals surface area contributed by atoms with Crippen molar-refractivity contribution in [3.8, 4) is 0 Å². The topological polar surface area (TPSA) is 15.3 Å². The van der Waals surface area contributed by atoms with Gasteiger partial charge in [-0.2, -0.15) is 0 Å². The lowest BCUT2D eigenvalue weighted by Gasteiger charge is -2.40. The number of hydrogen-bond donors (Lipinski definition) is 1. The van der Waals surface area contributed by atoms with E-state index in [1.54, 1.807) is 0 Å². The van der Waals surface area contributed by atoms with Crippen LogP contribution in [-0.4, -0.2) is 37.1 Å². The van der Waals surface area contributed by atoms with Gasteiger partial charge in [-0.15, -0.1) is 0 Å². The standard InChI is InChI=1S/C14H28N2/c1-12-10-15-8-5-9-16(11-12)13-6-4-7-14(13,2)3/h12-13,15H,4-11H2,1-3H3. The van der Waals surface area contributed by atoms with Crippen LogP contribution in [0.15, 0.2) is 0 Å². The Bertz CT molecular complexity index is 225. The monoisotopic (exact) mass is 224 g/mol. The molecule has 0 amide bonds. The van der Waals surface area contributed by atoms with Gasteiger partial charge in [0.25, 0.3) is 0 Å². The van der Waals surface area contributed by atoms with Crippen molar-refractivity contribution in [2.45, 2.75) is 52.5 Å². The molecule has 2 fully saturated rings. The predicted molar refractivity (Wildman–Crippen MR) is 69.6 cm³/mol. The minimum absolute atomic E-state index is 0.548. The van der Waals surface area contributed by atoms with Crippen LogP contribution in [0.5, 0.6) is 0 Å². The van der Waals surface area contributed by atoms with Crippen LogP contribution in [0.25, 0.3) is 0 Å². The first-order chi connectivity index (χ1) is 7.59. The number of nitrogens with zero attached hydrogens (tertiary/aromatic N) is 1. The third kappa shape index (κ3) is 2.78. The van der Waals surface area contributed by atoms with Crippen molar-refractivity contribution in [1.29, 1.82) is 0 Å². The van der Waals surface area contributed by atoms with Gasteiger partial charge in [0.1, 0.15) is 0 Å². The summed E-state index contributed by atoms with van der Waals surface area (Å²) in [6.45, 7) is 12.3. The Morgan fingerprint density at radius 1 is 1.25 bits per heavy atom. The van der Waals surface area contributed by atoms with Crippen LogP contribution >= 0.6 is 0 Å². The lowest BCUT2D eigenvalue weighted by atomic mass is 9.85. The van der Waals surface area contributed by atoms with Crippen molar-refractivity contribution >= 4 is 0 Å². The van der Waals surface area contributed by atoms with Gasteiger partial charge in [0.05, 0.1) is 0 Å². The quantitative estimate of drug-likeness (QED) is 0.736. The summed E-state index contributed by atoms with van der Waals surface area (Å²) in [6.07, 6.45) is 5.59. The summed E-state index contributed by atoms with van der Waals surface area (Å²) in [7, 11) is 0. The van der Waals surface area contributed by atoms with Crippen molar-refractivity contribution in [2.24, 2.45) is 11.3 Å². The molecular weight excluding hydrogens is 196 g/mol. The zero-order chi connectivity index (χ0) is 11.6. The van der Waals surface area contributed by atoms with Crippen LogP contribution in [0.3, 0.4) is 0 Å². The molecule has 0 bridgehead atoms. The van der Waals surface area contributed by atoms with Crippen molar-refractivity contribution < 1.29 is 0 Å². The molecule has 0 spiro atoms. The average Bonchev–Trinajstić information content (AvgIpc) is 2.51. The molecule has 2 atom stereocenters. The summed E-state index contributed by atoms with van der Waals surface area (Å²) in [6, 6.07) is 0.841. The molecule has 94 valence electrons. The molecule has 2 aliphatic rings. The molecule has 2 nitrogen and oxygen atoms in total. The van der Waals surface area contributed by atoms with Crippen molar-refractivity contribution in [1.82, 2.24) is 10.2 Å². The Labute approximate surface area is 101 Å². The third-order valence-corrected chi connectivity index (χ3v) is 4.48. The van der Waals surface area contributed by atoms with E-state index in [0.29, 0.717) is 5.41 Å². The van der Waals surface area contributed by atoms with Gasteiger partial charge >= 0.3 is 0 Å².